The van der Waals surface area contributed by atoms with Crippen LogP contribution in [0.5, 0.6) is 5.75 Å². The predicted octanol–water partition coefficient (Wildman–Crippen LogP) is 2.10. The lowest BCUT2D eigenvalue weighted by atomic mass is 10.2. The molecule has 92 valence electrons. The van der Waals surface area contributed by atoms with Gasteiger partial charge in [0, 0.05) is 18.5 Å². The van der Waals surface area contributed by atoms with Gasteiger partial charge in [-0.05, 0) is 24.3 Å². The number of hydrogen-bond donors (Lipinski definition) is 1. The summed E-state index contributed by atoms with van der Waals surface area (Å²) in [6, 6.07) is 7.72. The highest BCUT2D eigenvalue weighted by molar-refractivity contribution is 7.17. The summed E-state index contributed by atoms with van der Waals surface area (Å²) in [6.45, 7) is 0.678. The number of carbonyl (C=O) groups is 1. The van der Waals surface area contributed by atoms with Crippen LogP contribution in [0.4, 0.5) is 0 Å². The third kappa shape index (κ3) is 1.86. The predicted molar refractivity (Wildman–Crippen MR) is 70.1 cm³/mol. The van der Waals surface area contributed by atoms with E-state index in [1.807, 2.05) is 24.3 Å². The molecule has 0 bridgehead atoms. The van der Waals surface area contributed by atoms with Crippen LogP contribution in [0.15, 0.2) is 24.3 Å². The number of thiazole rings is 1. The summed E-state index contributed by atoms with van der Waals surface area (Å²) in [5.74, 6) is 0.811. The van der Waals surface area contributed by atoms with Gasteiger partial charge in [-0.3, -0.25) is 4.79 Å². The molecule has 2 heterocycles. The molecule has 0 saturated carbocycles. The zero-order valence-electron chi connectivity index (χ0n) is 9.90. The SMILES string of the molecule is COc1ccc(-c2nc3c(s2)C(=O)NCC3)cc1. The van der Waals surface area contributed by atoms with E-state index in [2.05, 4.69) is 10.3 Å². The van der Waals surface area contributed by atoms with Crippen LogP contribution in [-0.4, -0.2) is 24.5 Å². The molecular formula is C13H12N2O2S. The van der Waals surface area contributed by atoms with Gasteiger partial charge >= 0.3 is 0 Å². The molecule has 0 spiro atoms. The Balaban J connectivity index is 1.99. The average Bonchev–Trinajstić information content (AvgIpc) is 2.84. The van der Waals surface area contributed by atoms with E-state index in [1.54, 1.807) is 7.11 Å². The molecule has 5 heteroatoms. The Morgan fingerprint density at radius 3 is 2.78 bits per heavy atom. The van der Waals surface area contributed by atoms with Crippen LogP contribution >= 0.6 is 11.3 Å². The summed E-state index contributed by atoms with van der Waals surface area (Å²) in [5.41, 5.74) is 1.93. The molecule has 0 radical (unpaired) electrons. The molecule has 1 aliphatic rings. The van der Waals surface area contributed by atoms with Crippen LogP contribution in [0.1, 0.15) is 15.4 Å². The smallest absolute Gasteiger partial charge is 0.263 e. The molecular weight excluding hydrogens is 248 g/mol. The number of methoxy groups -OCH3 is 1. The number of nitrogens with one attached hydrogen (secondary N) is 1. The lowest BCUT2D eigenvalue weighted by molar-refractivity contribution is 0.0950. The molecule has 0 fully saturated rings. The van der Waals surface area contributed by atoms with Gasteiger partial charge < -0.3 is 10.1 Å². The zero-order valence-corrected chi connectivity index (χ0v) is 10.7. The third-order valence-corrected chi connectivity index (χ3v) is 4.03. The van der Waals surface area contributed by atoms with Crippen molar-refractivity contribution in [2.45, 2.75) is 6.42 Å². The Hall–Kier alpha value is -1.88. The topological polar surface area (TPSA) is 51.2 Å². The van der Waals surface area contributed by atoms with Crippen molar-refractivity contribution in [3.63, 3.8) is 0 Å². The van der Waals surface area contributed by atoms with Crippen LogP contribution in [0.25, 0.3) is 10.6 Å². The van der Waals surface area contributed by atoms with E-state index in [0.717, 1.165) is 33.3 Å². The van der Waals surface area contributed by atoms with E-state index in [0.29, 0.717) is 6.54 Å². The average molecular weight is 260 g/mol. The van der Waals surface area contributed by atoms with E-state index in [1.165, 1.54) is 11.3 Å². The maximum Gasteiger partial charge on any atom is 0.263 e. The van der Waals surface area contributed by atoms with Gasteiger partial charge in [-0.1, -0.05) is 0 Å². The van der Waals surface area contributed by atoms with E-state index in [4.69, 9.17) is 4.74 Å². The summed E-state index contributed by atoms with van der Waals surface area (Å²) in [7, 11) is 1.64. The summed E-state index contributed by atoms with van der Waals surface area (Å²) in [6.07, 6.45) is 0.813. The minimum Gasteiger partial charge on any atom is -0.497 e. The molecule has 2 aromatic rings. The molecule has 1 amide bonds. The molecule has 1 N–H and O–H groups in total. The lowest BCUT2D eigenvalue weighted by Gasteiger charge is -2.09. The fraction of sp³-hybridized carbons (Fsp3) is 0.231. The number of carbonyl (C=O) groups excluding carboxylic acids is 1. The molecule has 0 saturated heterocycles. The molecule has 1 aromatic carbocycles. The van der Waals surface area contributed by atoms with Gasteiger partial charge in [-0.2, -0.15) is 0 Å². The number of ether oxygens (including phenoxy) is 1. The summed E-state index contributed by atoms with van der Waals surface area (Å²) in [5, 5.41) is 3.72. The van der Waals surface area contributed by atoms with Crippen molar-refractivity contribution in [2.24, 2.45) is 0 Å². The van der Waals surface area contributed by atoms with E-state index >= 15 is 0 Å². The number of fused-ring (bicyclic) bond motifs is 1. The minimum absolute atomic E-state index is 0.00601. The van der Waals surface area contributed by atoms with Crippen molar-refractivity contribution in [1.29, 1.82) is 0 Å². The molecule has 18 heavy (non-hydrogen) atoms. The first-order valence-electron chi connectivity index (χ1n) is 5.70. The number of rotatable bonds is 2. The minimum atomic E-state index is -0.00601. The monoisotopic (exact) mass is 260 g/mol. The van der Waals surface area contributed by atoms with Crippen LogP contribution in [0, 0.1) is 0 Å². The van der Waals surface area contributed by atoms with Gasteiger partial charge in [0.15, 0.2) is 0 Å². The van der Waals surface area contributed by atoms with Gasteiger partial charge in [-0.25, -0.2) is 4.98 Å². The van der Waals surface area contributed by atoms with Crippen molar-refractivity contribution in [3.05, 3.63) is 34.8 Å². The van der Waals surface area contributed by atoms with Gasteiger partial charge in [0.05, 0.1) is 12.8 Å². The standard InChI is InChI=1S/C13H12N2O2S/c1-17-9-4-2-8(3-5-9)13-15-10-6-7-14-12(16)11(10)18-13/h2-5H,6-7H2,1H3,(H,14,16). The van der Waals surface area contributed by atoms with E-state index in [-0.39, 0.29) is 5.91 Å². The maximum absolute atomic E-state index is 11.7. The van der Waals surface area contributed by atoms with Crippen molar-refractivity contribution in [2.75, 3.05) is 13.7 Å². The molecule has 0 aliphatic carbocycles. The van der Waals surface area contributed by atoms with Crippen molar-refractivity contribution >= 4 is 17.2 Å². The Kier molecular flexibility index (Phi) is 2.76. The molecule has 1 aromatic heterocycles. The van der Waals surface area contributed by atoms with Crippen LogP contribution in [-0.2, 0) is 6.42 Å². The number of nitrogens with zero attached hydrogens (tertiary/aromatic N) is 1. The fourth-order valence-electron chi connectivity index (χ4n) is 1.93. The first kappa shape index (κ1) is 11.2. The summed E-state index contributed by atoms with van der Waals surface area (Å²) in [4.78, 5) is 17.0. The Morgan fingerprint density at radius 2 is 2.11 bits per heavy atom. The first-order valence-corrected chi connectivity index (χ1v) is 6.52. The van der Waals surface area contributed by atoms with E-state index in [9.17, 15) is 4.79 Å². The van der Waals surface area contributed by atoms with Gasteiger partial charge in [0.25, 0.3) is 5.91 Å². The Morgan fingerprint density at radius 1 is 1.33 bits per heavy atom. The van der Waals surface area contributed by atoms with Crippen molar-refractivity contribution in [3.8, 4) is 16.3 Å². The second-order valence-electron chi connectivity index (χ2n) is 4.03. The Bertz CT molecular complexity index is 590. The lowest BCUT2D eigenvalue weighted by Crippen LogP contribution is -2.30. The quantitative estimate of drug-likeness (QED) is 0.899. The number of aromatic nitrogens is 1. The molecule has 0 unspecified atom stereocenters. The second-order valence-corrected chi connectivity index (χ2v) is 5.03. The molecule has 1 aliphatic heterocycles. The number of hydrogen-bond acceptors (Lipinski definition) is 4. The van der Waals surface area contributed by atoms with Gasteiger partial charge in [0.1, 0.15) is 15.6 Å². The molecule has 4 nitrogen and oxygen atoms in total. The largest absolute Gasteiger partial charge is 0.497 e. The third-order valence-electron chi connectivity index (χ3n) is 2.89. The van der Waals surface area contributed by atoms with E-state index < -0.39 is 0 Å². The highest BCUT2D eigenvalue weighted by Gasteiger charge is 2.22. The van der Waals surface area contributed by atoms with Crippen molar-refractivity contribution < 1.29 is 9.53 Å². The number of amides is 1. The zero-order chi connectivity index (χ0) is 12.5. The Labute approximate surface area is 109 Å². The second kappa shape index (κ2) is 4.42. The highest BCUT2D eigenvalue weighted by Crippen LogP contribution is 2.30. The van der Waals surface area contributed by atoms with Crippen LogP contribution in [0.2, 0.25) is 0 Å². The highest BCUT2D eigenvalue weighted by atomic mass is 32.1. The van der Waals surface area contributed by atoms with Gasteiger partial charge in [-0.15, -0.1) is 11.3 Å². The number of benzene rings is 1. The molecule has 0 atom stereocenters. The molecule has 3 rings (SSSR count). The van der Waals surface area contributed by atoms with Crippen LogP contribution < -0.4 is 10.1 Å². The summed E-state index contributed by atoms with van der Waals surface area (Å²) >= 11 is 1.45. The van der Waals surface area contributed by atoms with Crippen molar-refractivity contribution in [1.82, 2.24) is 10.3 Å². The maximum atomic E-state index is 11.7. The normalized spacial score (nSPS) is 13.9. The first-order chi connectivity index (χ1) is 8.78. The van der Waals surface area contributed by atoms with Crippen LogP contribution in [0.3, 0.4) is 0 Å². The van der Waals surface area contributed by atoms with Gasteiger partial charge in [0.2, 0.25) is 0 Å². The fourth-order valence-corrected chi connectivity index (χ4v) is 2.96. The summed E-state index contributed by atoms with van der Waals surface area (Å²) < 4.78 is 5.12.